The Kier molecular flexibility index (Phi) is 6.28. The van der Waals surface area contributed by atoms with Crippen molar-refractivity contribution in [1.82, 2.24) is 5.32 Å². The first kappa shape index (κ1) is 14.2. The van der Waals surface area contributed by atoms with Crippen molar-refractivity contribution in [2.75, 3.05) is 11.9 Å². The summed E-state index contributed by atoms with van der Waals surface area (Å²) in [7, 11) is 0. The zero-order valence-corrected chi connectivity index (χ0v) is 11.9. The van der Waals surface area contributed by atoms with Gasteiger partial charge in [0.15, 0.2) is 0 Å². The highest BCUT2D eigenvalue weighted by Crippen LogP contribution is 2.10. The number of benzene rings is 1. The van der Waals surface area contributed by atoms with Gasteiger partial charge in [-0.25, -0.2) is 4.79 Å². The van der Waals surface area contributed by atoms with Crippen molar-refractivity contribution < 1.29 is 9.90 Å². The minimum absolute atomic E-state index is 0.241. The van der Waals surface area contributed by atoms with Crippen LogP contribution in [0.1, 0.15) is 19.8 Å². The molecule has 0 aliphatic rings. The number of rotatable bonds is 5. The monoisotopic (exact) mass is 348 g/mol. The van der Waals surface area contributed by atoms with Crippen LogP contribution < -0.4 is 10.6 Å². The molecular weight excluding hydrogens is 331 g/mol. The summed E-state index contributed by atoms with van der Waals surface area (Å²) in [6.45, 7) is 2.39. The predicted octanol–water partition coefficient (Wildman–Crippen LogP) is 2.57. The van der Waals surface area contributed by atoms with Gasteiger partial charge in [0.2, 0.25) is 0 Å². The van der Waals surface area contributed by atoms with Crippen molar-refractivity contribution in [3.8, 4) is 0 Å². The van der Waals surface area contributed by atoms with E-state index in [-0.39, 0.29) is 12.1 Å². The van der Waals surface area contributed by atoms with Crippen molar-refractivity contribution in [1.29, 1.82) is 0 Å². The third-order valence-corrected chi connectivity index (χ3v) is 3.06. The molecule has 0 aromatic heterocycles. The van der Waals surface area contributed by atoms with Gasteiger partial charge in [0.1, 0.15) is 0 Å². The van der Waals surface area contributed by atoms with E-state index in [0.29, 0.717) is 19.4 Å². The van der Waals surface area contributed by atoms with E-state index in [2.05, 4.69) is 33.2 Å². The van der Waals surface area contributed by atoms with Gasteiger partial charge in [-0.15, -0.1) is 0 Å². The molecule has 0 aliphatic heterocycles. The van der Waals surface area contributed by atoms with E-state index < -0.39 is 0 Å². The fourth-order valence-corrected chi connectivity index (χ4v) is 1.62. The van der Waals surface area contributed by atoms with Crippen LogP contribution in [-0.4, -0.2) is 23.8 Å². The minimum atomic E-state index is -0.339. The number of aliphatic hydroxyl groups is 1. The van der Waals surface area contributed by atoms with Crippen LogP contribution in [0.25, 0.3) is 0 Å². The number of hydrogen-bond acceptors (Lipinski definition) is 2. The lowest BCUT2D eigenvalue weighted by Gasteiger charge is -2.10. The second-order valence-corrected chi connectivity index (χ2v) is 4.98. The van der Waals surface area contributed by atoms with E-state index in [1.807, 2.05) is 31.2 Å². The summed E-state index contributed by atoms with van der Waals surface area (Å²) in [5.41, 5.74) is 0.763. The molecule has 0 radical (unpaired) electrons. The number of amides is 2. The molecule has 0 saturated heterocycles. The Labute approximate surface area is 115 Å². The Morgan fingerprint density at radius 2 is 2.06 bits per heavy atom. The summed E-state index contributed by atoms with van der Waals surface area (Å²) in [6, 6.07) is 7.31. The second-order valence-electron chi connectivity index (χ2n) is 3.74. The molecule has 1 aromatic carbocycles. The Morgan fingerprint density at radius 1 is 1.41 bits per heavy atom. The number of anilines is 1. The lowest BCUT2D eigenvalue weighted by atomic mass is 10.2. The maximum absolute atomic E-state index is 11.5. The topological polar surface area (TPSA) is 61.4 Å². The molecule has 2 amide bonds. The fraction of sp³-hybridized carbons (Fsp3) is 0.417. The van der Waals surface area contributed by atoms with Crippen molar-refractivity contribution >= 4 is 34.3 Å². The molecule has 3 N–H and O–H groups in total. The van der Waals surface area contributed by atoms with Gasteiger partial charge >= 0.3 is 6.03 Å². The summed E-state index contributed by atoms with van der Waals surface area (Å²) in [4.78, 5) is 11.5. The molecule has 0 heterocycles. The maximum Gasteiger partial charge on any atom is 0.319 e. The molecule has 0 bridgehead atoms. The maximum atomic E-state index is 11.5. The summed E-state index contributed by atoms with van der Waals surface area (Å²) in [6.07, 6.45) is 0.949. The van der Waals surface area contributed by atoms with Crippen molar-refractivity contribution in [2.45, 2.75) is 25.9 Å². The lowest BCUT2D eigenvalue weighted by molar-refractivity contribution is 0.160. The zero-order valence-electron chi connectivity index (χ0n) is 9.74. The highest BCUT2D eigenvalue weighted by molar-refractivity contribution is 14.1. The molecule has 1 unspecified atom stereocenters. The van der Waals surface area contributed by atoms with Gasteiger partial charge in [-0.2, -0.15) is 0 Å². The number of hydrogen-bond donors (Lipinski definition) is 3. The first-order valence-corrected chi connectivity index (χ1v) is 6.68. The predicted molar refractivity (Wildman–Crippen MR) is 77.1 cm³/mol. The molecule has 17 heavy (non-hydrogen) atoms. The van der Waals surface area contributed by atoms with E-state index in [1.165, 1.54) is 0 Å². The van der Waals surface area contributed by atoms with E-state index in [1.54, 1.807) is 0 Å². The molecule has 1 rings (SSSR count). The van der Waals surface area contributed by atoms with Crippen LogP contribution in [-0.2, 0) is 0 Å². The van der Waals surface area contributed by atoms with Gasteiger partial charge in [0.05, 0.1) is 6.10 Å². The Morgan fingerprint density at radius 3 is 2.65 bits per heavy atom. The molecule has 0 spiro atoms. The molecule has 1 aromatic rings. The van der Waals surface area contributed by atoms with Gasteiger partial charge in [0, 0.05) is 15.8 Å². The minimum Gasteiger partial charge on any atom is -0.393 e. The van der Waals surface area contributed by atoms with Crippen LogP contribution in [0.15, 0.2) is 24.3 Å². The number of aliphatic hydroxyl groups excluding tert-OH is 1. The lowest BCUT2D eigenvalue weighted by Crippen LogP contribution is -2.31. The molecule has 0 saturated carbocycles. The van der Waals surface area contributed by atoms with E-state index in [9.17, 15) is 9.90 Å². The second kappa shape index (κ2) is 7.50. The highest BCUT2D eigenvalue weighted by atomic mass is 127. The molecular formula is C12H17IN2O2. The Balaban J connectivity index is 2.27. The number of nitrogens with one attached hydrogen (secondary N) is 2. The summed E-state index contributed by atoms with van der Waals surface area (Å²) >= 11 is 2.21. The highest BCUT2D eigenvalue weighted by Gasteiger charge is 2.03. The number of urea groups is 1. The van der Waals surface area contributed by atoms with Gasteiger partial charge < -0.3 is 15.7 Å². The molecule has 94 valence electrons. The van der Waals surface area contributed by atoms with Gasteiger partial charge in [-0.05, 0) is 59.7 Å². The van der Waals surface area contributed by atoms with E-state index in [4.69, 9.17) is 0 Å². The fourth-order valence-electron chi connectivity index (χ4n) is 1.26. The van der Waals surface area contributed by atoms with Gasteiger partial charge in [0.25, 0.3) is 0 Å². The van der Waals surface area contributed by atoms with Crippen LogP contribution in [0, 0.1) is 3.57 Å². The van der Waals surface area contributed by atoms with Crippen LogP contribution >= 0.6 is 22.6 Å². The van der Waals surface area contributed by atoms with Crippen molar-refractivity contribution in [3.05, 3.63) is 27.8 Å². The standard InChI is InChI=1S/C12H17IN2O2/c1-2-11(16)7-8-14-12(17)15-10-5-3-9(13)4-6-10/h3-6,11,16H,2,7-8H2,1H3,(H2,14,15,17). The van der Waals surface area contributed by atoms with Crippen LogP contribution in [0.4, 0.5) is 10.5 Å². The average Bonchev–Trinajstić information content (AvgIpc) is 2.32. The zero-order chi connectivity index (χ0) is 12.7. The normalized spacial score (nSPS) is 11.9. The van der Waals surface area contributed by atoms with Gasteiger partial charge in [-0.3, -0.25) is 0 Å². The summed E-state index contributed by atoms with van der Waals surface area (Å²) < 4.78 is 1.12. The quantitative estimate of drug-likeness (QED) is 0.717. The smallest absolute Gasteiger partial charge is 0.319 e. The van der Waals surface area contributed by atoms with Crippen LogP contribution in [0.3, 0.4) is 0 Å². The third-order valence-electron chi connectivity index (χ3n) is 2.34. The summed E-state index contributed by atoms with van der Waals surface area (Å²) in [5.74, 6) is 0. The van der Waals surface area contributed by atoms with Gasteiger partial charge in [-0.1, -0.05) is 6.92 Å². The number of halogens is 1. The van der Waals surface area contributed by atoms with Crippen molar-refractivity contribution in [3.63, 3.8) is 0 Å². The Bertz CT molecular complexity index is 354. The average molecular weight is 348 g/mol. The molecule has 0 fully saturated rings. The molecule has 1 atom stereocenters. The number of carbonyl (C=O) groups is 1. The van der Waals surface area contributed by atoms with Crippen LogP contribution in [0.2, 0.25) is 0 Å². The first-order valence-electron chi connectivity index (χ1n) is 5.60. The van der Waals surface area contributed by atoms with Crippen LogP contribution in [0.5, 0.6) is 0 Å². The number of carbonyl (C=O) groups excluding carboxylic acids is 1. The van der Waals surface area contributed by atoms with E-state index in [0.717, 1.165) is 9.26 Å². The molecule has 4 nitrogen and oxygen atoms in total. The third kappa shape index (κ3) is 5.88. The van der Waals surface area contributed by atoms with Crippen molar-refractivity contribution in [2.24, 2.45) is 0 Å². The SMILES string of the molecule is CCC(O)CCNC(=O)Nc1ccc(I)cc1. The van der Waals surface area contributed by atoms with E-state index >= 15 is 0 Å². The largest absolute Gasteiger partial charge is 0.393 e. The molecule has 5 heteroatoms. The molecule has 0 aliphatic carbocycles. The Hall–Kier alpha value is -0.820. The summed E-state index contributed by atoms with van der Waals surface area (Å²) in [5, 5.41) is 14.7. The first-order chi connectivity index (χ1) is 8.11.